The second-order valence-electron chi connectivity index (χ2n) is 6.65. The summed E-state index contributed by atoms with van der Waals surface area (Å²) in [6.07, 6.45) is 0. The first-order valence-electron chi connectivity index (χ1n) is 9.29. The monoisotopic (exact) mass is 418 g/mol. The highest BCUT2D eigenvalue weighted by atomic mass is 35.5. The van der Waals surface area contributed by atoms with Crippen molar-refractivity contribution < 1.29 is 9.53 Å². The third-order valence-electron chi connectivity index (χ3n) is 4.59. The normalized spacial score (nSPS) is 10.6. The molecular formula is C23H19ClN4O2. The van der Waals surface area contributed by atoms with Crippen LogP contribution in [0.5, 0.6) is 5.75 Å². The average molecular weight is 419 g/mol. The number of rotatable bonds is 5. The molecule has 4 rings (SSSR count). The van der Waals surface area contributed by atoms with Crippen LogP contribution in [0.15, 0.2) is 72.8 Å². The standard InChI is InChI=1S/C23H19ClN4O2/c1-15-8-9-17(24)14-20(15)28-22(16-6-4-3-5-7-16)26-21(27-28)23(29)25-18-10-12-19(30-2)13-11-18/h3-14H,1-2H3,(H,25,29). The minimum Gasteiger partial charge on any atom is -0.497 e. The Balaban J connectivity index is 1.75. The number of aromatic nitrogens is 3. The highest BCUT2D eigenvalue weighted by molar-refractivity contribution is 6.30. The largest absolute Gasteiger partial charge is 0.497 e. The van der Waals surface area contributed by atoms with Crippen molar-refractivity contribution in [3.8, 4) is 22.8 Å². The number of methoxy groups -OCH3 is 1. The molecule has 6 nitrogen and oxygen atoms in total. The molecule has 0 saturated heterocycles. The Kier molecular flexibility index (Phi) is 5.50. The zero-order chi connectivity index (χ0) is 21.1. The van der Waals surface area contributed by atoms with Crippen LogP contribution in [0.1, 0.15) is 16.2 Å². The number of hydrogen-bond acceptors (Lipinski definition) is 4. The molecule has 7 heteroatoms. The Morgan fingerprint density at radius 2 is 1.77 bits per heavy atom. The molecule has 0 fully saturated rings. The van der Waals surface area contributed by atoms with Gasteiger partial charge in [0.15, 0.2) is 5.82 Å². The molecule has 0 aliphatic rings. The van der Waals surface area contributed by atoms with Crippen molar-refractivity contribution in [2.75, 3.05) is 12.4 Å². The highest BCUT2D eigenvalue weighted by Crippen LogP contribution is 2.25. The molecule has 0 aliphatic heterocycles. The van der Waals surface area contributed by atoms with Crippen LogP contribution in [-0.4, -0.2) is 27.8 Å². The quantitative estimate of drug-likeness (QED) is 0.486. The van der Waals surface area contributed by atoms with E-state index in [0.29, 0.717) is 22.3 Å². The second kappa shape index (κ2) is 8.39. The van der Waals surface area contributed by atoms with Crippen molar-refractivity contribution in [2.24, 2.45) is 0 Å². The van der Waals surface area contributed by atoms with Gasteiger partial charge in [-0.05, 0) is 48.9 Å². The first kappa shape index (κ1) is 19.7. The van der Waals surface area contributed by atoms with Crippen LogP contribution in [0.4, 0.5) is 5.69 Å². The van der Waals surface area contributed by atoms with Gasteiger partial charge >= 0.3 is 0 Å². The summed E-state index contributed by atoms with van der Waals surface area (Å²) in [4.78, 5) is 17.4. The number of nitrogens with zero attached hydrogens (tertiary/aromatic N) is 3. The van der Waals surface area contributed by atoms with Crippen molar-refractivity contribution >= 4 is 23.2 Å². The number of ether oxygens (including phenoxy) is 1. The number of aryl methyl sites for hydroxylation is 1. The van der Waals surface area contributed by atoms with E-state index in [1.165, 1.54) is 0 Å². The lowest BCUT2D eigenvalue weighted by molar-refractivity contribution is 0.101. The number of benzene rings is 3. The van der Waals surface area contributed by atoms with Gasteiger partial charge in [-0.3, -0.25) is 4.79 Å². The number of carbonyl (C=O) groups excluding carboxylic acids is 1. The Bertz CT molecular complexity index is 1190. The van der Waals surface area contributed by atoms with Crippen molar-refractivity contribution in [3.63, 3.8) is 0 Å². The maximum Gasteiger partial charge on any atom is 0.295 e. The van der Waals surface area contributed by atoms with Crippen molar-refractivity contribution in [2.45, 2.75) is 6.92 Å². The summed E-state index contributed by atoms with van der Waals surface area (Å²) in [6.45, 7) is 1.96. The summed E-state index contributed by atoms with van der Waals surface area (Å²) >= 11 is 6.22. The van der Waals surface area contributed by atoms with Gasteiger partial charge < -0.3 is 10.1 Å². The fourth-order valence-corrected chi connectivity index (χ4v) is 3.19. The fourth-order valence-electron chi connectivity index (χ4n) is 3.02. The number of halogens is 1. The van der Waals surface area contributed by atoms with E-state index in [-0.39, 0.29) is 5.82 Å². The maximum atomic E-state index is 12.8. The summed E-state index contributed by atoms with van der Waals surface area (Å²) in [5, 5.41) is 7.90. The Morgan fingerprint density at radius 1 is 1.03 bits per heavy atom. The SMILES string of the molecule is COc1ccc(NC(=O)c2nc(-c3ccccc3)n(-c3cc(Cl)ccc3C)n2)cc1. The molecule has 1 amide bonds. The van der Waals surface area contributed by atoms with E-state index in [9.17, 15) is 4.79 Å². The Hall–Kier alpha value is -3.64. The molecule has 0 aliphatic carbocycles. The number of hydrogen-bond donors (Lipinski definition) is 1. The van der Waals surface area contributed by atoms with Crippen LogP contribution in [0.3, 0.4) is 0 Å². The second-order valence-corrected chi connectivity index (χ2v) is 7.09. The van der Waals surface area contributed by atoms with Gasteiger partial charge in [-0.2, -0.15) is 0 Å². The summed E-state index contributed by atoms with van der Waals surface area (Å²) in [6, 6.07) is 22.2. The summed E-state index contributed by atoms with van der Waals surface area (Å²) in [5.41, 5.74) is 3.19. The predicted octanol–water partition coefficient (Wildman–Crippen LogP) is 5.16. The van der Waals surface area contributed by atoms with Gasteiger partial charge in [0, 0.05) is 16.3 Å². The van der Waals surface area contributed by atoms with Crippen LogP contribution in [-0.2, 0) is 0 Å². The van der Waals surface area contributed by atoms with E-state index >= 15 is 0 Å². The van der Waals surface area contributed by atoms with Gasteiger partial charge in [0.05, 0.1) is 12.8 Å². The first-order valence-corrected chi connectivity index (χ1v) is 9.67. The molecule has 1 N–H and O–H groups in total. The van der Waals surface area contributed by atoms with Crippen molar-refractivity contribution in [1.29, 1.82) is 0 Å². The Labute approximate surface area is 179 Å². The molecule has 0 saturated carbocycles. The molecule has 150 valence electrons. The molecule has 4 aromatic rings. The van der Waals surface area contributed by atoms with E-state index < -0.39 is 5.91 Å². The van der Waals surface area contributed by atoms with E-state index in [4.69, 9.17) is 16.3 Å². The van der Waals surface area contributed by atoms with Crippen LogP contribution in [0, 0.1) is 6.92 Å². The lowest BCUT2D eigenvalue weighted by Gasteiger charge is -2.09. The zero-order valence-corrected chi connectivity index (χ0v) is 17.2. The number of carbonyl (C=O) groups is 1. The molecular weight excluding hydrogens is 400 g/mol. The van der Waals surface area contributed by atoms with E-state index in [2.05, 4.69) is 15.4 Å². The van der Waals surface area contributed by atoms with Crippen molar-refractivity contribution in [3.05, 3.63) is 89.2 Å². The minimum absolute atomic E-state index is 0.0593. The molecule has 0 radical (unpaired) electrons. The van der Waals surface area contributed by atoms with Gasteiger partial charge in [0.2, 0.25) is 5.82 Å². The molecule has 1 aromatic heterocycles. The third kappa shape index (κ3) is 4.04. The molecule has 0 unspecified atom stereocenters. The topological polar surface area (TPSA) is 69.0 Å². The van der Waals surface area contributed by atoms with Gasteiger partial charge in [-0.15, -0.1) is 5.10 Å². The molecule has 0 atom stereocenters. The number of anilines is 1. The third-order valence-corrected chi connectivity index (χ3v) is 4.82. The minimum atomic E-state index is -0.407. The summed E-state index contributed by atoms with van der Waals surface area (Å²) in [7, 11) is 1.59. The lowest BCUT2D eigenvalue weighted by atomic mass is 10.2. The van der Waals surface area contributed by atoms with Gasteiger partial charge in [-0.25, -0.2) is 9.67 Å². The van der Waals surface area contributed by atoms with E-state index in [1.54, 1.807) is 36.1 Å². The molecule has 3 aromatic carbocycles. The molecule has 0 bridgehead atoms. The summed E-state index contributed by atoms with van der Waals surface area (Å²) < 4.78 is 6.80. The highest BCUT2D eigenvalue weighted by Gasteiger charge is 2.20. The number of nitrogens with one attached hydrogen (secondary N) is 1. The Morgan fingerprint density at radius 3 is 2.47 bits per heavy atom. The predicted molar refractivity (Wildman–Crippen MR) is 117 cm³/mol. The lowest BCUT2D eigenvalue weighted by Crippen LogP contribution is -2.14. The van der Waals surface area contributed by atoms with Gasteiger partial charge in [0.1, 0.15) is 5.75 Å². The van der Waals surface area contributed by atoms with Crippen LogP contribution >= 0.6 is 11.6 Å². The van der Waals surface area contributed by atoms with E-state index in [0.717, 1.165) is 16.8 Å². The van der Waals surface area contributed by atoms with Gasteiger partial charge in [0.25, 0.3) is 5.91 Å². The smallest absolute Gasteiger partial charge is 0.295 e. The zero-order valence-electron chi connectivity index (χ0n) is 16.5. The fraction of sp³-hybridized carbons (Fsp3) is 0.0870. The van der Waals surface area contributed by atoms with Crippen LogP contribution < -0.4 is 10.1 Å². The van der Waals surface area contributed by atoms with Crippen LogP contribution in [0.2, 0.25) is 5.02 Å². The first-order chi connectivity index (χ1) is 14.5. The summed E-state index contributed by atoms with van der Waals surface area (Å²) in [5.74, 6) is 0.916. The molecule has 1 heterocycles. The average Bonchev–Trinajstić information content (AvgIpc) is 3.22. The van der Waals surface area contributed by atoms with E-state index in [1.807, 2.05) is 55.5 Å². The maximum absolute atomic E-state index is 12.8. The van der Waals surface area contributed by atoms with Crippen molar-refractivity contribution in [1.82, 2.24) is 14.8 Å². The van der Waals surface area contributed by atoms with Gasteiger partial charge in [-0.1, -0.05) is 48.0 Å². The van der Waals surface area contributed by atoms with Crippen LogP contribution in [0.25, 0.3) is 17.1 Å². The molecule has 30 heavy (non-hydrogen) atoms. The molecule has 0 spiro atoms. The number of amides is 1.